The summed E-state index contributed by atoms with van der Waals surface area (Å²) < 4.78 is 11.4. The van der Waals surface area contributed by atoms with Crippen LogP contribution in [0.2, 0.25) is 0 Å². The van der Waals surface area contributed by atoms with Gasteiger partial charge in [0.15, 0.2) is 23.7 Å². The molecule has 0 bridgehead atoms. The molecule has 1 aromatic carbocycles. The van der Waals surface area contributed by atoms with Crippen LogP contribution in [0.15, 0.2) is 30.6 Å². The van der Waals surface area contributed by atoms with Crippen LogP contribution in [0.25, 0.3) is 10.9 Å². The number of hydrogen-bond donors (Lipinski definition) is 2. The van der Waals surface area contributed by atoms with Crippen molar-refractivity contribution in [3.63, 3.8) is 0 Å². The first kappa shape index (κ1) is 12.7. The Bertz CT molecular complexity index is 879. The maximum absolute atomic E-state index is 5.98. The smallest absolute Gasteiger partial charge is 0.207 e. The van der Waals surface area contributed by atoms with Crippen LogP contribution in [-0.2, 0) is 4.74 Å². The molecule has 2 aliphatic rings. The van der Waals surface area contributed by atoms with E-state index >= 15 is 0 Å². The lowest BCUT2D eigenvalue weighted by Gasteiger charge is -2.28. The number of morpholine rings is 1. The van der Waals surface area contributed by atoms with Crippen LogP contribution in [-0.4, -0.2) is 46.2 Å². The van der Waals surface area contributed by atoms with Crippen molar-refractivity contribution in [2.75, 3.05) is 30.0 Å². The molecule has 2 N–H and O–H groups in total. The van der Waals surface area contributed by atoms with Gasteiger partial charge in [0, 0.05) is 11.9 Å². The van der Waals surface area contributed by atoms with Gasteiger partial charge in [0.1, 0.15) is 12.9 Å². The SMILES string of the molecule is c1ccc2c(Nc3ncnc4c3OC3COCCN43)n[nH]c2c1. The summed E-state index contributed by atoms with van der Waals surface area (Å²) in [6, 6.07) is 7.92. The fourth-order valence-corrected chi connectivity index (χ4v) is 2.99. The van der Waals surface area contributed by atoms with Gasteiger partial charge in [-0.15, -0.1) is 0 Å². The molecule has 8 nitrogen and oxygen atoms in total. The van der Waals surface area contributed by atoms with E-state index in [-0.39, 0.29) is 6.23 Å². The number of anilines is 3. The third-order valence-corrected chi connectivity index (χ3v) is 4.10. The number of para-hydroxylation sites is 1. The van der Waals surface area contributed by atoms with Crippen molar-refractivity contribution in [3.8, 4) is 5.75 Å². The van der Waals surface area contributed by atoms with Gasteiger partial charge in [-0.3, -0.25) is 5.10 Å². The van der Waals surface area contributed by atoms with Crippen molar-refractivity contribution >= 4 is 28.4 Å². The average molecular weight is 310 g/mol. The molecular formula is C15H14N6O2. The first-order valence-electron chi connectivity index (χ1n) is 7.46. The Labute approximate surface area is 131 Å². The number of H-pyrrole nitrogens is 1. The second-order valence-electron chi connectivity index (χ2n) is 5.46. The molecule has 0 radical (unpaired) electrons. The van der Waals surface area contributed by atoms with Gasteiger partial charge in [0.05, 0.1) is 12.1 Å². The molecule has 2 aliphatic heterocycles. The van der Waals surface area contributed by atoms with E-state index in [4.69, 9.17) is 9.47 Å². The van der Waals surface area contributed by atoms with Gasteiger partial charge in [-0.2, -0.15) is 5.10 Å². The van der Waals surface area contributed by atoms with Crippen molar-refractivity contribution in [2.45, 2.75) is 6.23 Å². The van der Waals surface area contributed by atoms with Gasteiger partial charge in [-0.25, -0.2) is 9.97 Å². The number of rotatable bonds is 2. The van der Waals surface area contributed by atoms with E-state index in [9.17, 15) is 0 Å². The third-order valence-electron chi connectivity index (χ3n) is 4.10. The minimum atomic E-state index is -0.132. The van der Waals surface area contributed by atoms with Crippen LogP contribution in [0.5, 0.6) is 5.75 Å². The Morgan fingerprint density at radius 1 is 1.22 bits per heavy atom. The Hall–Kier alpha value is -2.87. The number of aromatic amines is 1. The summed E-state index contributed by atoms with van der Waals surface area (Å²) in [5.41, 5.74) is 0.965. The highest BCUT2D eigenvalue weighted by Crippen LogP contribution is 2.41. The molecule has 116 valence electrons. The van der Waals surface area contributed by atoms with Crippen molar-refractivity contribution in [3.05, 3.63) is 30.6 Å². The van der Waals surface area contributed by atoms with Gasteiger partial charge in [0.2, 0.25) is 5.75 Å². The molecular weight excluding hydrogens is 296 g/mol. The average Bonchev–Trinajstić information content (AvgIpc) is 3.17. The van der Waals surface area contributed by atoms with Crippen LogP contribution in [0.1, 0.15) is 0 Å². The highest BCUT2D eigenvalue weighted by molar-refractivity contribution is 5.91. The molecule has 1 unspecified atom stereocenters. The summed E-state index contributed by atoms with van der Waals surface area (Å²) in [6.45, 7) is 1.97. The van der Waals surface area contributed by atoms with E-state index in [1.165, 1.54) is 6.33 Å². The van der Waals surface area contributed by atoms with Gasteiger partial charge in [-0.05, 0) is 12.1 Å². The quantitative estimate of drug-likeness (QED) is 0.744. The summed E-state index contributed by atoms with van der Waals surface area (Å²) in [6.07, 6.45) is 1.41. The normalized spacial score (nSPS) is 19.3. The van der Waals surface area contributed by atoms with Crippen LogP contribution >= 0.6 is 0 Å². The molecule has 1 saturated heterocycles. The molecule has 0 amide bonds. The maximum atomic E-state index is 5.98. The topological polar surface area (TPSA) is 88.2 Å². The predicted molar refractivity (Wildman–Crippen MR) is 84.0 cm³/mol. The van der Waals surface area contributed by atoms with Crippen molar-refractivity contribution in [1.82, 2.24) is 20.2 Å². The van der Waals surface area contributed by atoms with Crippen LogP contribution in [0.4, 0.5) is 17.5 Å². The molecule has 0 saturated carbocycles. The molecule has 4 heterocycles. The standard InChI is InChI=1S/C15H14N6O2/c1-2-4-10-9(3-1)13(20-19-10)18-14-12-15(17-8-16-14)21-5-6-22-7-11(21)23-12/h1-4,8,11H,5-7H2,(H2,16,17,18,19,20). The van der Waals surface area contributed by atoms with Gasteiger partial charge >= 0.3 is 0 Å². The highest BCUT2D eigenvalue weighted by atomic mass is 16.6. The zero-order valence-corrected chi connectivity index (χ0v) is 12.2. The monoisotopic (exact) mass is 310 g/mol. The summed E-state index contributed by atoms with van der Waals surface area (Å²) in [7, 11) is 0. The molecule has 8 heteroatoms. The fraction of sp³-hybridized carbons (Fsp3) is 0.267. The van der Waals surface area contributed by atoms with Crippen LogP contribution in [0, 0.1) is 0 Å². The first-order valence-corrected chi connectivity index (χ1v) is 7.46. The Balaban J connectivity index is 1.54. The number of benzene rings is 1. The lowest BCUT2D eigenvalue weighted by atomic mass is 10.2. The van der Waals surface area contributed by atoms with E-state index in [0.717, 1.165) is 23.3 Å². The Morgan fingerprint density at radius 2 is 2.17 bits per heavy atom. The number of ether oxygens (including phenoxy) is 2. The van der Waals surface area contributed by atoms with Crippen molar-refractivity contribution in [2.24, 2.45) is 0 Å². The molecule has 5 rings (SSSR count). The zero-order chi connectivity index (χ0) is 15.2. The van der Waals surface area contributed by atoms with E-state index in [1.807, 2.05) is 24.3 Å². The molecule has 23 heavy (non-hydrogen) atoms. The fourth-order valence-electron chi connectivity index (χ4n) is 2.99. The third kappa shape index (κ3) is 1.92. The minimum absolute atomic E-state index is 0.132. The number of aromatic nitrogens is 4. The second kappa shape index (κ2) is 4.82. The number of nitrogens with zero attached hydrogens (tertiary/aromatic N) is 4. The molecule has 0 spiro atoms. The van der Waals surface area contributed by atoms with E-state index in [1.54, 1.807) is 0 Å². The van der Waals surface area contributed by atoms with Gasteiger partial charge < -0.3 is 19.7 Å². The summed E-state index contributed by atoms with van der Waals surface area (Å²) in [4.78, 5) is 10.8. The minimum Gasteiger partial charge on any atom is -0.460 e. The largest absolute Gasteiger partial charge is 0.460 e. The van der Waals surface area contributed by atoms with E-state index in [2.05, 4.69) is 30.4 Å². The van der Waals surface area contributed by atoms with Crippen molar-refractivity contribution in [1.29, 1.82) is 0 Å². The molecule has 1 atom stereocenters. The predicted octanol–water partition coefficient (Wildman–Crippen LogP) is 1.65. The van der Waals surface area contributed by atoms with Gasteiger partial charge in [-0.1, -0.05) is 12.1 Å². The van der Waals surface area contributed by atoms with Crippen LogP contribution < -0.4 is 15.0 Å². The Kier molecular flexibility index (Phi) is 2.65. The Morgan fingerprint density at radius 3 is 3.17 bits per heavy atom. The molecule has 3 aromatic rings. The number of nitrogens with one attached hydrogen (secondary N) is 2. The van der Waals surface area contributed by atoms with E-state index in [0.29, 0.717) is 30.6 Å². The lowest BCUT2D eigenvalue weighted by Crippen LogP contribution is -2.45. The lowest BCUT2D eigenvalue weighted by molar-refractivity contribution is 0.0311. The molecule has 2 aromatic heterocycles. The second-order valence-corrected chi connectivity index (χ2v) is 5.46. The summed E-state index contributed by atoms with van der Waals surface area (Å²) in [5.74, 6) is 2.78. The maximum Gasteiger partial charge on any atom is 0.207 e. The zero-order valence-electron chi connectivity index (χ0n) is 12.2. The van der Waals surface area contributed by atoms with Gasteiger partial charge in [0.25, 0.3) is 0 Å². The van der Waals surface area contributed by atoms with Crippen molar-refractivity contribution < 1.29 is 9.47 Å². The molecule has 1 fully saturated rings. The van der Waals surface area contributed by atoms with E-state index < -0.39 is 0 Å². The van der Waals surface area contributed by atoms with Crippen LogP contribution in [0.3, 0.4) is 0 Å². The number of fused-ring (bicyclic) bond motifs is 4. The summed E-state index contributed by atoms with van der Waals surface area (Å²) in [5, 5.41) is 11.6. The number of hydrogen-bond acceptors (Lipinski definition) is 7. The first-order chi connectivity index (χ1) is 11.4. The highest BCUT2D eigenvalue weighted by Gasteiger charge is 2.37. The molecule has 0 aliphatic carbocycles. The summed E-state index contributed by atoms with van der Waals surface area (Å²) >= 11 is 0.